The minimum Gasteiger partial charge on any atom is -0.353 e. The van der Waals surface area contributed by atoms with Crippen LogP contribution in [0, 0.1) is 12.8 Å². The molecular weight excluding hydrogens is 525 g/mol. The second-order valence-corrected chi connectivity index (χ2v) is 10.2. The zero-order valence-electron chi connectivity index (χ0n) is 20.9. The lowest BCUT2D eigenvalue weighted by molar-refractivity contribution is -0.148. The lowest BCUT2D eigenvalue weighted by atomic mass is 9.96. The molecule has 0 radical (unpaired) electrons. The van der Waals surface area contributed by atoms with Crippen LogP contribution in [0.3, 0.4) is 0 Å². The zero-order valence-corrected chi connectivity index (χ0v) is 21.8. The SMILES string of the molecule is CNC(=O)c1nc(C)c(C(=O)NC[C@@H](C)C(=O)NC2C(=O)N3CCCN3Cc3cc(C(F)(F)F)ccc32)s1. The fourth-order valence-corrected chi connectivity index (χ4v) is 5.34. The van der Waals surface area contributed by atoms with Crippen molar-refractivity contribution in [3.05, 3.63) is 50.5 Å². The number of nitrogens with one attached hydrogen (secondary N) is 3. The normalized spacial score (nSPS) is 18.3. The maximum atomic E-state index is 13.4. The lowest BCUT2D eigenvalue weighted by Gasteiger charge is -2.28. The summed E-state index contributed by atoms with van der Waals surface area (Å²) in [5.74, 6) is -2.66. The molecular formula is C24H27F3N6O4S. The van der Waals surface area contributed by atoms with Gasteiger partial charge in [-0.2, -0.15) is 13.2 Å². The summed E-state index contributed by atoms with van der Waals surface area (Å²) in [5.41, 5.74) is 0.174. The van der Waals surface area contributed by atoms with E-state index in [2.05, 4.69) is 20.9 Å². The molecule has 204 valence electrons. The molecule has 2 aromatic rings. The largest absolute Gasteiger partial charge is 0.416 e. The van der Waals surface area contributed by atoms with Crippen LogP contribution in [0.5, 0.6) is 0 Å². The Labute approximate surface area is 220 Å². The van der Waals surface area contributed by atoms with Gasteiger partial charge in [-0.05, 0) is 36.6 Å². The number of alkyl halides is 3. The van der Waals surface area contributed by atoms with E-state index in [4.69, 9.17) is 0 Å². The quantitative estimate of drug-likeness (QED) is 0.504. The Balaban J connectivity index is 1.48. The average Bonchev–Trinajstić information content (AvgIpc) is 3.48. The number of thiazole rings is 1. The smallest absolute Gasteiger partial charge is 0.353 e. The van der Waals surface area contributed by atoms with Gasteiger partial charge in [0.1, 0.15) is 10.9 Å². The van der Waals surface area contributed by atoms with Gasteiger partial charge in [0, 0.05) is 33.2 Å². The summed E-state index contributed by atoms with van der Waals surface area (Å²) in [5, 5.41) is 11.1. The molecule has 1 saturated heterocycles. The number of nitrogens with zero attached hydrogens (tertiary/aromatic N) is 3. The molecule has 3 N–H and O–H groups in total. The van der Waals surface area contributed by atoms with Crippen molar-refractivity contribution in [2.45, 2.75) is 39.0 Å². The number of carbonyl (C=O) groups is 4. The van der Waals surface area contributed by atoms with E-state index in [1.54, 1.807) is 18.9 Å². The number of carbonyl (C=O) groups excluding carboxylic acids is 4. The van der Waals surface area contributed by atoms with E-state index in [1.165, 1.54) is 18.1 Å². The van der Waals surface area contributed by atoms with Gasteiger partial charge in [0.2, 0.25) is 5.91 Å². The molecule has 4 rings (SSSR count). The number of hydrogen-bond donors (Lipinski definition) is 3. The van der Waals surface area contributed by atoms with E-state index in [1.807, 2.05) is 0 Å². The topological polar surface area (TPSA) is 124 Å². The second kappa shape index (κ2) is 10.7. The number of aromatic nitrogens is 1. The monoisotopic (exact) mass is 552 g/mol. The standard InChI is InChI=1S/C24H27F3N6O4S/c1-12(10-29-20(35)18-13(2)30-22(38-18)21(36)28-3)19(34)31-17-16-6-5-15(24(25,26)27)9-14(16)11-32-7-4-8-33(32)23(17)37/h5-6,9,12,17H,4,7-8,10-11H2,1-3H3,(H,28,36)(H,29,35)(H,31,34)/t12-,17?/m1/s1. The summed E-state index contributed by atoms with van der Waals surface area (Å²) in [6.45, 7) is 4.12. The molecule has 2 aliphatic heterocycles. The van der Waals surface area contributed by atoms with Gasteiger partial charge in [-0.25, -0.2) is 9.99 Å². The van der Waals surface area contributed by atoms with E-state index in [-0.39, 0.29) is 23.0 Å². The molecule has 10 nitrogen and oxygen atoms in total. The number of rotatable bonds is 6. The highest BCUT2D eigenvalue weighted by Gasteiger charge is 2.40. The Morgan fingerprint density at radius 1 is 1.21 bits per heavy atom. The molecule has 1 aromatic heterocycles. The Hall–Kier alpha value is -3.52. The van der Waals surface area contributed by atoms with Crippen molar-refractivity contribution in [2.24, 2.45) is 5.92 Å². The van der Waals surface area contributed by atoms with Crippen LogP contribution in [0.1, 0.15) is 61.2 Å². The van der Waals surface area contributed by atoms with Crippen LogP contribution < -0.4 is 16.0 Å². The first-order chi connectivity index (χ1) is 17.9. The first-order valence-electron chi connectivity index (χ1n) is 11.9. The van der Waals surface area contributed by atoms with E-state index >= 15 is 0 Å². The van der Waals surface area contributed by atoms with Gasteiger partial charge in [0.15, 0.2) is 5.01 Å². The Morgan fingerprint density at radius 3 is 2.63 bits per heavy atom. The van der Waals surface area contributed by atoms with Crippen molar-refractivity contribution >= 4 is 35.0 Å². The third kappa shape index (κ3) is 5.50. The molecule has 1 fully saturated rings. The fraction of sp³-hybridized carbons (Fsp3) is 0.458. The van der Waals surface area contributed by atoms with Crippen molar-refractivity contribution in [1.29, 1.82) is 0 Å². The fourth-order valence-electron chi connectivity index (χ4n) is 4.41. The van der Waals surface area contributed by atoms with Crippen LogP contribution in [-0.2, 0) is 22.3 Å². The first-order valence-corrected chi connectivity index (χ1v) is 12.8. The van der Waals surface area contributed by atoms with Crippen molar-refractivity contribution in [2.75, 3.05) is 26.7 Å². The maximum absolute atomic E-state index is 13.4. The van der Waals surface area contributed by atoms with Crippen LogP contribution >= 0.6 is 11.3 Å². The predicted octanol–water partition coefficient (Wildman–Crippen LogP) is 2.02. The second-order valence-electron chi connectivity index (χ2n) is 9.18. The summed E-state index contributed by atoms with van der Waals surface area (Å²) in [6.07, 6.45) is -3.87. The number of fused-ring (bicyclic) bond motifs is 2. The molecule has 3 heterocycles. The summed E-state index contributed by atoms with van der Waals surface area (Å²) in [6, 6.07) is 2.01. The van der Waals surface area contributed by atoms with E-state index < -0.39 is 47.3 Å². The highest BCUT2D eigenvalue weighted by Crippen LogP contribution is 2.35. The molecule has 14 heteroatoms. The number of hydrogen-bond acceptors (Lipinski definition) is 7. The summed E-state index contributed by atoms with van der Waals surface area (Å²) >= 11 is 0.925. The van der Waals surface area contributed by atoms with Crippen molar-refractivity contribution < 1.29 is 32.3 Å². The molecule has 1 aromatic carbocycles. The molecule has 0 saturated carbocycles. The minimum atomic E-state index is -4.54. The van der Waals surface area contributed by atoms with E-state index in [0.29, 0.717) is 36.3 Å². The summed E-state index contributed by atoms with van der Waals surface area (Å²) < 4.78 is 40.1. The van der Waals surface area contributed by atoms with E-state index in [9.17, 15) is 32.3 Å². The van der Waals surface area contributed by atoms with Crippen LogP contribution in [0.15, 0.2) is 18.2 Å². The van der Waals surface area contributed by atoms with Gasteiger partial charge in [0.25, 0.3) is 17.7 Å². The van der Waals surface area contributed by atoms with Crippen molar-refractivity contribution in [3.63, 3.8) is 0 Å². The maximum Gasteiger partial charge on any atom is 0.416 e. The van der Waals surface area contributed by atoms with Gasteiger partial charge < -0.3 is 16.0 Å². The molecule has 2 atom stereocenters. The third-order valence-electron chi connectivity index (χ3n) is 6.49. The zero-order chi connectivity index (χ0) is 27.8. The number of benzene rings is 1. The molecule has 0 spiro atoms. The summed E-state index contributed by atoms with van der Waals surface area (Å²) in [7, 11) is 1.45. The number of amides is 4. The molecule has 0 bridgehead atoms. The molecule has 38 heavy (non-hydrogen) atoms. The Bertz CT molecular complexity index is 1280. The number of halogens is 3. The van der Waals surface area contributed by atoms with Crippen molar-refractivity contribution in [1.82, 2.24) is 31.0 Å². The number of aryl methyl sites for hydroxylation is 1. The van der Waals surface area contributed by atoms with Gasteiger partial charge >= 0.3 is 6.18 Å². The van der Waals surface area contributed by atoms with Crippen molar-refractivity contribution in [3.8, 4) is 0 Å². The molecule has 1 unspecified atom stereocenters. The Morgan fingerprint density at radius 2 is 1.95 bits per heavy atom. The van der Waals surface area contributed by atoms with Gasteiger partial charge in [-0.1, -0.05) is 13.0 Å². The third-order valence-corrected chi connectivity index (χ3v) is 7.65. The van der Waals surface area contributed by atoms with Gasteiger partial charge in [0.05, 0.1) is 17.2 Å². The van der Waals surface area contributed by atoms with E-state index in [0.717, 1.165) is 23.5 Å². The highest BCUT2D eigenvalue weighted by atomic mass is 32.1. The summed E-state index contributed by atoms with van der Waals surface area (Å²) in [4.78, 5) is 55.1. The number of hydrazine groups is 1. The first kappa shape index (κ1) is 27.5. The van der Waals surface area contributed by atoms with Crippen LogP contribution in [-0.4, -0.2) is 65.3 Å². The predicted molar refractivity (Wildman–Crippen MR) is 131 cm³/mol. The Kier molecular flexibility index (Phi) is 7.74. The van der Waals surface area contributed by atoms with Gasteiger partial charge in [-0.15, -0.1) is 11.3 Å². The molecule has 4 amide bonds. The van der Waals surface area contributed by atoms with Crippen LogP contribution in [0.2, 0.25) is 0 Å². The highest BCUT2D eigenvalue weighted by molar-refractivity contribution is 7.15. The molecule has 0 aliphatic carbocycles. The lowest BCUT2D eigenvalue weighted by Crippen LogP contribution is -2.47. The minimum absolute atomic E-state index is 0.0755. The molecule has 2 aliphatic rings. The van der Waals surface area contributed by atoms with Crippen LogP contribution in [0.4, 0.5) is 13.2 Å². The van der Waals surface area contributed by atoms with Crippen LogP contribution in [0.25, 0.3) is 0 Å². The van der Waals surface area contributed by atoms with Gasteiger partial charge in [-0.3, -0.25) is 24.2 Å². The average molecular weight is 553 g/mol.